The molecule has 3 rings (SSSR count). The van der Waals surface area contributed by atoms with Crippen molar-refractivity contribution in [1.29, 1.82) is 0 Å². The predicted octanol–water partition coefficient (Wildman–Crippen LogP) is -1.78. The molecule has 2 aliphatic rings. The lowest BCUT2D eigenvalue weighted by Gasteiger charge is -2.41. The third-order valence-electron chi connectivity index (χ3n) is 3.83. The SMILES string of the molecule is CCc1cn([C@H]2[C@H]3OC[C@](CO)(O3)[C@H](O)[C@@H]2O)nn1. The average Bonchev–Trinajstić information content (AvgIpc) is 3.04. The van der Waals surface area contributed by atoms with Crippen LogP contribution in [0.25, 0.3) is 0 Å². The number of aryl methyl sites for hydroxylation is 1. The van der Waals surface area contributed by atoms with Gasteiger partial charge in [0.05, 0.1) is 18.9 Å². The van der Waals surface area contributed by atoms with E-state index in [-0.39, 0.29) is 6.61 Å². The monoisotopic (exact) mass is 271 g/mol. The van der Waals surface area contributed by atoms with Crippen molar-refractivity contribution in [2.24, 2.45) is 0 Å². The molecule has 2 saturated heterocycles. The van der Waals surface area contributed by atoms with Crippen LogP contribution >= 0.6 is 0 Å². The summed E-state index contributed by atoms with van der Waals surface area (Å²) in [5.74, 6) is 0. The highest BCUT2D eigenvalue weighted by molar-refractivity contribution is 5.06. The van der Waals surface area contributed by atoms with E-state index in [4.69, 9.17) is 9.47 Å². The molecule has 19 heavy (non-hydrogen) atoms. The molecule has 3 heterocycles. The summed E-state index contributed by atoms with van der Waals surface area (Å²) in [4.78, 5) is 0. The molecule has 2 bridgehead atoms. The molecular formula is C11H17N3O5. The lowest BCUT2D eigenvalue weighted by Crippen LogP contribution is -2.60. The Morgan fingerprint density at radius 2 is 2.32 bits per heavy atom. The number of hydrogen-bond donors (Lipinski definition) is 3. The van der Waals surface area contributed by atoms with Gasteiger partial charge in [0, 0.05) is 6.20 Å². The summed E-state index contributed by atoms with van der Waals surface area (Å²) in [7, 11) is 0. The van der Waals surface area contributed by atoms with Gasteiger partial charge in [0.25, 0.3) is 0 Å². The van der Waals surface area contributed by atoms with Crippen LogP contribution in [0.3, 0.4) is 0 Å². The lowest BCUT2D eigenvalue weighted by molar-refractivity contribution is -0.244. The molecule has 1 aromatic heterocycles. The van der Waals surface area contributed by atoms with Crippen molar-refractivity contribution in [3.8, 4) is 0 Å². The second-order valence-electron chi connectivity index (χ2n) is 4.99. The third kappa shape index (κ3) is 1.79. The molecule has 8 nitrogen and oxygen atoms in total. The average molecular weight is 271 g/mol. The van der Waals surface area contributed by atoms with Crippen molar-refractivity contribution < 1.29 is 24.8 Å². The Morgan fingerprint density at radius 3 is 2.95 bits per heavy atom. The van der Waals surface area contributed by atoms with E-state index >= 15 is 0 Å². The maximum Gasteiger partial charge on any atom is 0.183 e. The summed E-state index contributed by atoms with van der Waals surface area (Å²) >= 11 is 0. The number of aliphatic hydroxyl groups excluding tert-OH is 3. The van der Waals surface area contributed by atoms with Gasteiger partial charge in [-0.1, -0.05) is 12.1 Å². The Bertz CT molecular complexity index is 467. The zero-order valence-electron chi connectivity index (χ0n) is 10.5. The van der Waals surface area contributed by atoms with Crippen molar-refractivity contribution >= 4 is 0 Å². The molecule has 3 N–H and O–H groups in total. The van der Waals surface area contributed by atoms with Crippen LogP contribution in [-0.4, -0.2) is 67.6 Å². The van der Waals surface area contributed by atoms with E-state index in [2.05, 4.69) is 10.3 Å². The highest BCUT2D eigenvalue weighted by atomic mass is 16.7. The molecule has 5 atom stereocenters. The molecule has 2 fully saturated rings. The molecule has 0 aliphatic carbocycles. The predicted molar refractivity (Wildman–Crippen MR) is 61.1 cm³/mol. The number of hydrogen-bond acceptors (Lipinski definition) is 7. The molecule has 0 unspecified atom stereocenters. The number of nitrogens with zero attached hydrogens (tertiary/aromatic N) is 3. The first-order chi connectivity index (χ1) is 9.11. The molecule has 0 aromatic carbocycles. The van der Waals surface area contributed by atoms with E-state index in [1.54, 1.807) is 6.20 Å². The van der Waals surface area contributed by atoms with Crippen LogP contribution in [0.5, 0.6) is 0 Å². The van der Waals surface area contributed by atoms with Crippen molar-refractivity contribution in [2.45, 2.75) is 43.5 Å². The van der Waals surface area contributed by atoms with E-state index in [0.29, 0.717) is 0 Å². The van der Waals surface area contributed by atoms with Crippen LogP contribution < -0.4 is 0 Å². The van der Waals surface area contributed by atoms with Gasteiger partial charge in [-0.2, -0.15) is 0 Å². The van der Waals surface area contributed by atoms with Crippen LogP contribution in [0.4, 0.5) is 0 Å². The second-order valence-corrected chi connectivity index (χ2v) is 4.99. The van der Waals surface area contributed by atoms with E-state index in [9.17, 15) is 15.3 Å². The van der Waals surface area contributed by atoms with Gasteiger partial charge in [-0.3, -0.25) is 0 Å². The molecule has 8 heteroatoms. The third-order valence-corrected chi connectivity index (χ3v) is 3.83. The maximum atomic E-state index is 10.2. The fourth-order valence-corrected chi connectivity index (χ4v) is 2.58. The van der Waals surface area contributed by atoms with Crippen LogP contribution in [0.2, 0.25) is 0 Å². The van der Waals surface area contributed by atoms with Crippen molar-refractivity contribution in [2.75, 3.05) is 13.2 Å². The Morgan fingerprint density at radius 1 is 1.53 bits per heavy atom. The van der Waals surface area contributed by atoms with Gasteiger partial charge in [-0.15, -0.1) is 5.10 Å². The first-order valence-electron chi connectivity index (χ1n) is 6.28. The number of rotatable bonds is 3. The minimum atomic E-state index is -1.24. The first-order valence-corrected chi connectivity index (χ1v) is 6.28. The van der Waals surface area contributed by atoms with Crippen LogP contribution in [-0.2, 0) is 15.9 Å². The van der Waals surface area contributed by atoms with Crippen molar-refractivity contribution in [1.82, 2.24) is 15.0 Å². The smallest absolute Gasteiger partial charge is 0.183 e. The Labute approximate surface area is 109 Å². The van der Waals surface area contributed by atoms with E-state index in [1.165, 1.54) is 4.68 Å². The standard InChI is InChI=1S/C11H17N3O5/c1-2-6-3-14(13-12-6)7-8(16)9(17)11(4-15)5-18-10(7)19-11/h3,7-10,15-17H,2,4-5H2,1H3/t7-,8-,9-,10+,11+/m1/s1. The highest BCUT2D eigenvalue weighted by Crippen LogP contribution is 2.41. The van der Waals surface area contributed by atoms with Gasteiger partial charge in [0.1, 0.15) is 23.9 Å². The summed E-state index contributed by atoms with van der Waals surface area (Å²) in [5, 5.41) is 37.6. The van der Waals surface area contributed by atoms with Crippen molar-refractivity contribution in [3.05, 3.63) is 11.9 Å². The molecule has 0 amide bonds. The van der Waals surface area contributed by atoms with Crippen molar-refractivity contribution in [3.63, 3.8) is 0 Å². The number of aliphatic hydroxyl groups is 3. The van der Waals surface area contributed by atoms with Gasteiger partial charge in [0.2, 0.25) is 0 Å². The minimum absolute atomic E-state index is 0.0399. The molecule has 2 aliphatic heterocycles. The van der Waals surface area contributed by atoms with Gasteiger partial charge in [0.15, 0.2) is 6.29 Å². The zero-order valence-corrected chi connectivity index (χ0v) is 10.5. The van der Waals surface area contributed by atoms with Crippen LogP contribution in [0.15, 0.2) is 6.20 Å². The Kier molecular flexibility index (Phi) is 3.06. The number of fused-ring (bicyclic) bond motifs is 2. The molecular weight excluding hydrogens is 254 g/mol. The Balaban J connectivity index is 1.91. The number of ether oxygens (including phenoxy) is 2. The highest BCUT2D eigenvalue weighted by Gasteiger charge is 2.59. The summed E-state index contributed by atoms with van der Waals surface area (Å²) in [6.45, 7) is 1.57. The Hall–Kier alpha value is -1.06. The molecule has 106 valence electrons. The van der Waals surface area contributed by atoms with Gasteiger partial charge < -0.3 is 24.8 Å². The fraction of sp³-hybridized carbons (Fsp3) is 0.818. The molecule has 1 aromatic rings. The molecule has 0 spiro atoms. The van der Waals surface area contributed by atoms with Gasteiger partial charge >= 0.3 is 0 Å². The topological polar surface area (TPSA) is 110 Å². The minimum Gasteiger partial charge on any atom is -0.393 e. The fourth-order valence-electron chi connectivity index (χ4n) is 2.58. The lowest BCUT2D eigenvalue weighted by atomic mass is 9.88. The normalized spacial score (nSPS) is 41.7. The quantitative estimate of drug-likeness (QED) is 0.596. The van der Waals surface area contributed by atoms with E-state index in [1.807, 2.05) is 6.92 Å². The molecule has 0 radical (unpaired) electrons. The summed E-state index contributed by atoms with van der Waals surface area (Å²) in [6, 6.07) is -0.676. The molecule has 0 saturated carbocycles. The van der Waals surface area contributed by atoms with E-state index < -0.39 is 36.7 Å². The largest absolute Gasteiger partial charge is 0.393 e. The van der Waals surface area contributed by atoms with Crippen LogP contribution in [0.1, 0.15) is 18.7 Å². The van der Waals surface area contributed by atoms with Gasteiger partial charge in [-0.05, 0) is 6.42 Å². The second kappa shape index (κ2) is 4.50. The number of aromatic nitrogens is 3. The summed E-state index contributed by atoms with van der Waals surface area (Å²) in [5.41, 5.74) is -0.465. The zero-order chi connectivity index (χ0) is 13.6. The summed E-state index contributed by atoms with van der Waals surface area (Å²) < 4.78 is 12.4. The van der Waals surface area contributed by atoms with Gasteiger partial charge in [-0.25, -0.2) is 4.68 Å². The van der Waals surface area contributed by atoms with Crippen LogP contribution in [0, 0.1) is 0 Å². The summed E-state index contributed by atoms with van der Waals surface area (Å²) in [6.07, 6.45) is -0.720. The maximum absolute atomic E-state index is 10.2. The first kappa shape index (κ1) is 12.9. The van der Waals surface area contributed by atoms with E-state index in [0.717, 1.165) is 12.1 Å².